The highest BCUT2D eigenvalue weighted by molar-refractivity contribution is 9.10. The highest BCUT2D eigenvalue weighted by atomic mass is 79.9. The number of rotatable bonds is 4. The summed E-state index contributed by atoms with van der Waals surface area (Å²) in [6, 6.07) is 7.85. The first-order valence-electron chi connectivity index (χ1n) is 5.34. The number of hydrogen-bond acceptors (Lipinski definition) is 3. The molecule has 0 aliphatic rings. The maximum atomic E-state index is 5.70. The van der Waals surface area contributed by atoms with Gasteiger partial charge in [-0.05, 0) is 30.7 Å². The molecular formula is C13H14BrNO2. The van der Waals surface area contributed by atoms with Crippen LogP contribution in [-0.2, 0) is 13.2 Å². The van der Waals surface area contributed by atoms with Gasteiger partial charge >= 0.3 is 0 Å². The first kappa shape index (κ1) is 12.2. The van der Waals surface area contributed by atoms with E-state index in [9.17, 15) is 0 Å². The molecular weight excluding hydrogens is 282 g/mol. The molecule has 0 amide bonds. The summed E-state index contributed by atoms with van der Waals surface area (Å²) in [5.74, 6) is 1.63. The smallest absolute Gasteiger partial charge is 0.146 e. The van der Waals surface area contributed by atoms with Crippen molar-refractivity contribution in [2.24, 2.45) is 5.73 Å². The molecule has 0 atom stereocenters. The van der Waals surface area contributed by atoms with E-state index >= 15 is 0 Å². The standard InChI is InChI=1S/C13H14BrNO2/c1-9-2-3-11(14)5-13(9)17-8-12-4-10(6-15)7-16-12/h2-5,7H,6,8,15H2,1H3. The zero-order valence-electron chi connectivity index (χ0n) is 9.57. The first-order valence-corrected chi connectivity index (χ1v) is 6.13. The Balaban J connectivity index is 2.04. The molecule has 2 rings (SSSR count). The van der Waals surface area contributed by atoms with Gasteiger partial charge < -0.3 is 14.9 Å². The predicted molar refractivity (Wildman–Crippen MR) is 69.8 cm³/mol. The van der Waals surface area contributed by atoms with Crippen molar-refractivity contribution in [2.45, 2.75) is 20.1 Å². The van der Waals surface area contributed by atoms with Gasteiger partial charge in [0.1, 0.15) is 18.1 Å². The Morgan fingerprint density at radius 3 is 2.88 bits per heavy atom. The number of hydrogen-bond donors (Lipinski definition) is 1. The molecule has 1 heterocycles. The summed E-state index contributed by atoms with van der Waals surface area (Å²) < 4.78 is 12.0. The van der Waals surface area contributed by atoms with Gasteiger partial charge in [-0.1, -0.05) is 22.0 Å². The van der Waals surface area contributed by atoms with Gasteiger partial charge in [0.05, 0.1) is 6.26 Å². The molecule has 90 valence electrons. The fraction of sp³-hybridized carbons (Fsp3) is 0.231. The van der Waals surface area contributed by atoms with Crippen LogP contribution < -0.4 is 10.5 Å². The molecule has 0 aliphatic heterocycles. The van der Waals surface area contributed by atoms with Crippen LogP contribution >= 0.6 is 15.9 Å². The summed E-state index contributed by atoms with van der Waals surface area (Å²) in [6.07, 6.45) is 1.66. The van der Waals surface area contributed by atoms with Crippen molar-refractivity contribution < 1.29 is 9.15 Å². The van der Waals surface area contributed by atoms with Gasteiger partial charge in [0.15, 0.2) is 0 Å². The van der Waals surface area contributed by atoms with Crippen LogP contribution in [0.15, 0.2) is 39.4 Å². The molecule has 3 nitrogen and oxygen atoms in total. The quantitative estimate of drug-likeness (QED) is 0.940. The van der Waals surface area contributed by atoms with E-state index in [0.717, 1.165) is 27.1 Å². The predicted octanol–water partition coefficient (Wildman–Crippen LogP) is 3.39. The molecule has 0 radical (unpaired) electrons. The Morgan fingerprint density at radius 1 is 1.35 bits per heavy atom. The van der Waals surface area contributed by atoms with Gasteiger partial charge in [0.25, 0.3) is 0 Å². The topological polar surface area (TPSA) is 48.4 Å². The Labute approximate surface area is 109 Å². The summed E-state index contributed by atoms with van der Waals surface area (Å²) in [5.41, 5.74) is 7.58. The van der Waals surface area contributed by atoms with E-state index < -0.39 is 0 Å². The highest BCUT2D eigenvalue weighted by Gasteiger charge is 2.04. The Hall–Kier alpha value is -1.26. The summed E-state index contributed by atoms with van der Waals surface area (Å²) in [7, 11) is 0. The number of benzene rings is 1. The van der Waals surface area contributed by atoms with Crippen LogP contribution in [0.3, 0.4) is 0 Å². The van der Waals surface area contributed by atoms with Gasteiger partial charge in [-0.3, -0.25) is 0 Å². The van der Waals surface area contributed by atoms with Crippen molar-refractivity contribution >= 4 is 15.9 Å². The fourth-order valence-corrected chi connectivity index (χ4v) is 1.83. The maximum absolute atomic E-state index is 5.70. The van der Waals surface area contributed by atoms with Crippen molar-refractivity contribution in [3.05, 3.63) is 51.9 Å². The molecule has 1 aromatic carbocycles. The number of ether oxygens (including phenoxy) is 1. The molecule has 0 aliphatic carbocycles. The van der Waals surface area contributed by atoms with E-state index in [0.29, 0.717) is 13.2 Å². The van der Waals surface area contributed by atoms with Crippen molar-refractivity contribution in [2.75, 3.05) is 0 Å². The highest BCUT2D eigenvalue weighted by Crippen LogP contribution is 2.24. The van der Waals surface area contributed by atoms with E-state index in [1.807, 2.05) is 31.2 Å². The minimum Gasteiger partial charge on any atom is -0.485 e. The van der Waals surface area contributed by atoms with E-state index in [4.69, 9.17) is 14.9 Å². The summed E-state index contributed by atoms with van der Waals surface area (Å²) in [4.78, 5) is 0. The molecule has 0 saturated heterocycles. The lowest BCUT2D eigenvalue weighted by molar-refractivity contribution is 0.268. The molecule has 2 N–H and O–H groups in total. The van der Waals surface area contributed by atoms with Gasteiger partial charge in [-0.25, -0.2) is 0 Å². The average Bonchev–Trinajstić information content (AvgIpc) is 2.78. The van der Waals surface area contributed by atoms with Crippen LogP contribution in [-0.4, -0.2) is 0 Å². The summed E-state index contributed by atoms with van der Waals surface area (Å²) in [5, 5.41) is 0. The second-order valence-corrected chi connectivity index (χ2v) is 4.74. The van der Waals surface area contributed by atoms with E-state index in [1.54, 1.807) is 6.26 Å². The van der Waals surface area contributed by atoms with Crippen LogP contribution in [0.5, 0.6) is 5.75 Å². The van der Waals surface area contributed by atoms with Gasteiger partial charge in [-0.15, -0.1) is 0 Å². The molecule has 0 bridgehead atoms. The number of furan rings is 1. The Kier molecular flexibility index (Phi) is 3.86. The zero-order valence-corrected chi connectivity index (χ0v) is 11.2. The van der Waals surface area contributed by atoms with Crippen LogP contribution in [0.25, 0.3) is 0 Å². The van der Waals surface area contributed by atoms with Crippen LogP contribution in [0.1, 0.15) is 16.9 Å². The molecule has 1 aromatic heterocycles. The van der Waals surface area contributed by atoms with Gasteiger partial charge in [0, 0.05) is 16.6 Å². The van der Waals surface area contributed by atoms with Crippen LogP contribution in [0.4, 0.5) is 0 Å². The van der Waals surface area contributed by atoms with Crippen molar-refractivity contribution in [1.82, 2.24) is 0 Å². The van der Waals surface area contributed by atoms with Crippen molar-refractivity contribution in [3.63, 3.8) is 0 Å². The minimum absolute atomic E-state index is 0.414. The molecule has 17 heavy (non-hydrogen) atoms. The normalized spacial score (nSPS) is 10.5. The maximum Gasteiger partial charge on any atom is 0.146 e. The number of nitrogens with two attached hydrogens (primary N) is 1. The molecule has 0 unspecified atom stereocenters. The third-order valence-corrected chi connectivity index (χ3v) is 2.96. The molecule has 0 saturated carbocycles. The first-order chi connectivity index (χ1) is 8.19. The summed E-state index contributed by atoms with van der Waals surface area (Å²) >= 11 is 3.42. The lowest BCUT2D eigenvalue weighted by atomic mass is 10.2. The lowest BCUT2D eigenvalue weighted by Gasteiger charge is -2.07. The molecule has 0 spiro atoms. The number of aryl methyl sites for hydroxylation is 1. The minimum atomic E-state index is 0.414. The average molecular weight is 296 g/mol. The van der Waals surface area contributed by atoms with Gasteiger partial charge in [0.2, 0.25) is 0 Å². The van der Waals surface area contributed by atoms with E-state index in [-0.39, 0.29) is 0 Å². The largest absolute Gasteiger partial charge is 0.485 e. The second-order valence-electron chi connectivity index (χ2n) is 3.82. The third kappa shape index (κ3) is 3.11. The monoisotopic (exact) mass is 295 g/mol. The molecule has 2 aromatic rings. The Bertz CT molecular complexity index is 508. The SMILES string of the molecule is Cc1ccc(Br)cc1OCc1cc(CN)co1. The van der Waals surface area contributed by atoms with Gasteiger partial charge in [-0.2, -0.15) is 0 Å². The van der Waals surface area contributed by atoms with Crippen LogP contribution in [0, 0.1) is 6.92 Å². The summed E-state index contributed by atoms with van der Waals surface area (Å²) in [6.45, 7) is 2.91. The molecule has 4 heteroatoms. The fourth-order valence-electron chi connectivity index (χ4n) is 1.49. The van der Waals surface area contributed by atoms with Crippen molar-refractivity contribution in [1.29, 1.82) is 0 Å². The lowest BCUT2D eigenvalue weighted by Crippen LogP contribution is -1.96. The number of halogens is 1. The zero-order chi connectivity index (χ0) is 12.3. The van der Waals surface area contributed by atoms with Crippen LogP contribution in [0.2, 0.25) is 0 Å². The van der Waals surface area contributed by atoms with E-state index in [1.165, 1.54) is 0 Å². The third-order valence-electron chi connectivity index (χ3n) is 2.46. The second kappa shape index (κ2) is 5.38. The van der Waals surface area contributed by atoms with Crippen molar-refractivity contribution in [3.8, 4) is 5.75 Å². The molecule has 0 fully saturated rings. The Morgan fingerprint density at radius 2 is 2.18 bits per heavy atom. The van der Waals surface area contributed by atoms with E-state index in [2.05, 4.69) is 15.9 Å².